The molecule has 152 valence electrons. The highest BCUT2D eigenvalue weighted by molar-refractivity contribution is 6.33. The van der Waals surface area contributed by atoms with Gasteiger partial charge in [-0.3, -0.25) is 0 Å². The molecule has 3 aromatic rings. The topological polar surface area (TPSA) is 92.4 Å². The van der Waals surface area contributed by atoms with Gasteiger partial charge in [-0.25, -0.2) is 0 Å². The van der Waals surface area contributed by atoms with Gasteiger partial charge in [0.15, 0.2) is 5.82 Å². The summed E-state index contributed by atoms with van der Waals surface area (Å²) in [6, 6.07) is 10.9. The maximum Gasteiger partial charge on any atom is 0.327 e. The number of ether oxygens (including phenoxy) is 3. The van der Waals surface area contributed by atoms with Crippen molar-refractivity contribution < 1.29 is 14.2 Å². The standard InChI is InChI=1S/C22H19ClN4O3/c1-28-16-6-8-17(9-7-16)30-22-26-20(25-21(24)27-22)19-15-5-3-2-4-10-29-13-14(11-15)12-18(19)23/h2-9,11-12H,10,13H2,1H3,(H2,24,25,26,27). The predicted octanol–water partition coefficient (Wildman–Crippen LogP) is 4.67. The molecule has 30 heavy (non-hydrogen) atoms. The highest BCUT2D eigenvalue weighted by atomic mass is 35.5. The normalized spacial score (nSPS) is 13.1. The molecule has 0 saturated carbocycles. The number of nitrogens with zero attached hydrogens (tertiary/aromatic N) is 3. The summed E-state index contributed by atoms with van der Waals surface area (Å²) >= 11 is 6.60. The lowest BCUT2D eigenvalue weighted by atomic mass is 10.0. The van der Waals surface area contributed by atoms with Crippen LogP contribution < -0.4 is 15.2 Å². The number of fused-ring (bicyclic) bond motifs is 2. The lowest BCUT2D eigenvalue weighted by Gasteiger charge is -2.13. The van der Waals surface area contributed by atoms with E-state index in [0.717, 1.165) is 11.1 Å². The number of benzene rings is 2. The first kappa shape index (κ1) is 19.9. The highest BCUT2D eigenvalue weighted by Gasteiger charge is 2.16. The Morgan fingerprint density at radius 3 is 2.63 bits per heavy atom. The number of hydrogen-bond donors (Lipinski definition) is 1. The number of halogens is 1. The molecule has 2 bridgehead atoms. The molecule has 0 spiro atoms. The highest BCUT2D eigenvalue weighted by Crippen LogP contribution is 2.33. The number of nitrogen functional groups attached to an aromatic ring is 1. The van der Waals surface area contributed by atoms with Gasteiger partial charge in [-0.2, -0.15) is 15.0 Å². The minimum atomic E-state index is 0.0305. The zero-order valence-corrected chi connectivity index (χ0v) is 17.0. The summed E-state index contributed by atoms with van der Waals surface area (Å²) in [6.45, 7) is 0.992. The summed E-state index contributed by atoms with van der Waals surface area (Å²) in [4.78, 5) is 12.8. The lowest BCUT2D eigenvalue weighted by molar-refractivity contribution is 0.148. The van der Waals surface area contributed by atoms with Crippen molar-refractivity contribution in [3.05, 3.63) is 70.8 Å². The quantitative estimate of drug-likeness (QED) is 0.652. The first-order valence-electron chi connectivity index (χ1n) is 9.19. The van der Waals surface area contributed by atoms with E-state index in [-0.39, 0.29) is 12.0 Å². The number of rotatable bonds is 4. The molecule has 1 aliphatic heterocycles. The Hall–Kier alpha value is -3.42. The molecule has 2 aromatic carbocycles. The fourth-order valence-electron chi connectivity index (χ4n) is 2.95. The van der Waals surface area contributed by atoms with Gasteiger partial charge in [-0.05, 0) is 47.5 Å². The summed E-state index contributed by atoms with van der Waals surface area (Å²) in [6.07, 6.45) is 7.70. The van der Waals surface area contributed by atoms with Gasteiger partial charge in [-0.1, -0.05) is 35.9 Å². The van der Waals surface area contributed by atoms with Crippen LogP contribution in [-0.2, 0) is 11.3 Å². The number of nitrogens with two attached hydrogens (primary N) is 1. The average molecular weight is 423 g/mol. The number of aromatic nitrogens is 3. The molecule has 2 heterocycles. The Bertz CT molecular complexity index is 1110. The van der Waals surface area contributed by atoms with Crippen LogP contribution in [-0.4, -0.2) is 28.7 Å². The fourth-order valence-corrected chi connectivity index (χ4v) is 3.29. The Kier molecular flexibility index (Phi) is 5.92. The smallest absolute Gasteiger partial charge is 0.327 e. The molecule has 2 N–H and O–H groups in total. The maximum absolute atomic E-state index is 6.60. The molecule has 8 heteroatoms. The van der Waals surface area contributed by atoms with Crippen LogP contribution in [0.1, 0.15) is 11.1 Å². The zero-order chi connectivity index (χ0) is 20.9. The van der Waals surface area contributed by atoms with Crippen molar-refractivity contribution in [3.63, 3.8) is 0 Å². The first-order chi connectivity index (χ1) is 14.6. The van der Waals surface area contributed by atoms with Gasteiger partial charge < -0.3 is 19.9 Å². The summed E-state index contributed by atoms with van der Waals surface area (Å²) in [5.41, 5.74) is 8.36. The summed E-state index contributed by atoms with van der Waals surface area (Å²) in [5.74, 6) is 1.61. The molecule has 0 fully saturated rings. The Labute approximate surface area is 178 Å². The van der Waals surface area contributed by atoms with E-state index in [9.17, 15) is 0 Å². The van der Waals surface area contributed by atoms with Crippen LogP contribution in [0.3, 0.4) is 0 Å². The molecular formula is C22H19ClN4O3. The number of allylic oxidation sites excluding steroid dienone is 2. The van der Waals surface area contributed by atoms with Gasteiger partial charge in [0, 0.05) is 5.56 Å². The van der Waals surface area contributed by atoms with E-state index >= 15 is 0 Å². The van der Waals surface area contributed by atoms with Crippen molar-refractivity contribution in [2.24, 2.45) is 0 Å². The van der Waals surface area contributed by atoms with E-state index in [2.05, 4.69) is 15.0 Å². The van der Waals surface area contributed by atoms with E-state index in [1.54, 1.807) is 31.4 Å². The zero-order valence-electron chi connectivity index (χ0n) is 16.2. The predicted molar refractivity (Wildman–Crippen MR) is 116 cm³/mol. The van der Waals surface area contributed by atoms with Crippen molar-refractivity contribution in [2.45, 2.75) is 6.61 Å². The van der Waals surface area contributed by atoms with E-state index < -0.39 is 0 Å². The van der Waals surface area contributed by atoms with E-state index in [4.69, 9.17) is 31.5 Å². The van der Waals surface area contributed by atoms with E-state index in [0.29, 0.717) is 41.1 Å². The van der Waals surface area contributed by atoms with Crippen LogP contribution in [0.15, 0.2) is 54.6 Å². The van der Waals surface area contributed by atoms with Gasteiger partial charge >= 0.3 is 6.01 Å². The third kappa shape index (κ3) is 4.59. The molecule has 0 saturated heterocycles. The van der Waals surface area contributed by atoms with Crippen molar-refractivity contribution in [1.82, 2.24) is 15.0 Å². The van der Waals surface area contributed by atoms with Crippen LogP contribution in [0.5, 0.6) is 17.5 Å². The SMILES string of the molecule is COc1ccc(Oc2nc(N)nc(-c3c(Cl)cc4cc3C=CC=CCOC4)n2)cc1. The van der Waals surface area contributed by atoms with Crippen molar-refractivity contribution in [2.75, 3.05) is 19.5 Å². The van der Waals surface area contributed by atoms with Gasteiger partial charge in [0.2, 0.25) is 5.95 Å². The Morgan fingerprint density at radius 2 is 1.83 bits per heavy atom. The Balaban J connectivity index is 1.74. The van der Waals surface area contributed by atoms with Gasteiger partial charge in [0.1, 0.15) is 11.5 Å². The molecule has 0 amide bonds. The van der Waals surface area contributed by atoms with Gasteiger partial charge in [0.25, 0.3) is 0 Å². The molecule has 0 atom stereocenters. The van der Waals surface area contributed by atoms with E-state index in [1.165, 1.54) is 0 Å². The minimum absolute atomic E-state index is 0.0305. The molecule has 4 rings (SSSR count). The van der Waals surface area contributed by atoms with Crippen LogP contribution in [0, 0.1) is 0 Å². The second kappa shape index (κ2) is 8.94. The van der Waals surface area contributed by atoms with Crippen LogP contribution in [0.4, 0.5) is 5.95 Å². The molecule has 0 unspecified atom stereocenters. The average Bonchev–Trinajstić information content (AvgIpc) is 2.73. The maximum atomic E-state index is 6.60. The summed E-state index contributed by atoms with van der Waals surface area (Å²) < 4.78 is 16.5. The third-order valence-electron chi connectivity index (χ3n) is 4.31. The van der Waals surface area contributed by atoms with E-state index in [1.807, 2.05) is 36.4 Å². The molecular weight excluding hydrogens is 404 g/mol. The summed E-state index contributed by atoms with van der Waals surface area (Å²) in [5, 5.41) is 0.487. The van der Waals surface area contributed by atoms with Crippen LogP contribution in [0.25, 0.3) is 17.5 Å². The first-order valence-corrected chi connectivity index (χ1v) is 9.57. The molecule has 1 aromatic heterocycles. The molecule has 7 nitrogen and oxygen atoms in total. The third-order valence-corrected chi connectivity index (χ3v) is 4.61. The number of methoxy groups -OCH3 is 1. The number of anilines is 1. The molecule has 0 aliphatic carbocycles. The second-order valence-electron chi connectivity index (χ2n) is 6.42. The molecule has 0 radical (unpaired) electrons. The van der Waals surface area contributed by atoms with Crippen LogP contribution in [0.2, 0.25) is 5.02 Å². The largest absolute Gasteiger partial charge is 0.497 e. The van der Waals surface area contributed by atoms with Crippen molar-refractivity contribution in [3.8, 4) is 28.9 Å². The van der Waals surface area contributed by atoms with Crippen LogP contribution >= 0.6 is 11.6 Å². The summed E-state index contributed by atoms with van der Waals surface area (Å²) in [7, 11) is 1.60. The van der Waals surface area contributed by atoms with Gasteiger partial charge in [-0.15, -0.1) is 0 Å². The second-order valence-corrected chi connectivity index (χ2v) is 6.83. The minimum Gasteiger partial charge on any atom is -0.497 e. The molecule has 1 aliphatic rings. The number of hydrogen-bond acceptors (Lipinski definition) is 7. The monoisotopic (exact) mass is 422 g/mol. The van der Waals surface area contributed by atoms with Gasteiger partial charge in [0.05, 0.1) is 25.3 Å². The Morgan fingerprint density at radius 1 is 1.03 bits per heavy atom. The lowest BCUT2D eigenvalue weighted by Crippen LogP contribution is -2.04. The fraction of sp³-hybridized carbons (Fsp3) is 0.136. The van der Waals surface area contributed by atoms with Crippen molar-refractivity contribution in [1.29, 1.82) is 0 Å². The van der Waals surface area contributed by atoms with Crippen molar-refractivity contribution >= 4 is 23.6 Å².